The molecule has 5 rings (SSSR count). The van der Waals surface area contributed by atoms with Crippen LogP contribution in [-0.4, -0.2) is 72.1 Å². The van der Waals surface area contributed by atoms with Crippen molar-refractivity contribution in [2.24, 2.45) is 0 Å². The Kier molecular flexibility index (Phi) is 7.39. The first-order valence-corrected chi connectivity index (χ1v) is 12.6. The lowest BCUT2D eigenvalue weighted by atomic mass is 10.2. The van der Waals surface area contributed by atoms with Crippen molar-refractivity contribution in [2.45, 2.75) is 6.54 Å². The number of anilines is 1. The normalized spacial score (nSPS) is 14.2. The Balaban J connectivity index is 1.18. The summed E-state index contributed by atoms with van der Waals surface area (Å²) < 4.78 is 5.29. The Morgan fingerprint density at radius 3 is 2.58 bits per heavy atom. The monoisotopic (exact) mass is 503 g/mol. The Labute approximate surface area is 216 Å². The number of methoxy groups -OCH3 is 1. The Bertz CT molecular complexity index is 1300. The summed E-state index contributed by atoms with van der Waals surface area (Å²) >= 11 is 6.09. The lowest BCUT2D eigenvalue weighted by Crippen LogP contribution is -2.50. The van der Waals surface area contributed by atoms with E-state index in [2.05, 4.69) is 31.9 Å². The predicted octanol–water partition coefficient (Wildman–Crippen LogP) is 4.69. The van der Waals surface area contributed by atoms with E-state index in [-0.39, 0.29) is 5.91 Å². The molecule has 0 atom stereocenters. The van der Waals surface area contributed by atoms with Crippen molar-refractivity contribution < 1.29 is 9.53 Å². The second kappa shape index (κ2) is 11.0. The van der Waals surface area contributed by atoms with Gasteiger partial charge >= 0.3 is 0 Å². The van der Waals surface area contributed by atoms with Crippen LogP contribution in [0.1, 0.15) is 16.1 Å². The number of aromatic amines is 1. The third kappa shape index (κ3) is 5.64. The molecule has 0 radical (unpaired) electrons. The van der Waals surface area contributed by atoms with E-state index in [9.17, 15) is 4.79 Å². The second-order valence-corrected chi connectivity index (χ2v) is 9.44. The van der Waals surface area contributed by atoms with Gasteiger partial charge in [-0.2, -0.15) is 0 Å². The number of hydrogen-bond acceptors (Lipinski definition) is 5. The maximum atomic E-state index is 13.1. The molecule has 1 aliphatic rings. The fourth-order valence-corrected chi connectivity index (χ4v) is 4.77. The molecule has 1 N–H and O–H groups in total. The molecule has 8 heteroatoms. The molecule has 1 aliphatic heterocycles. The van der Waals surface area contributed by atoms with Crippen LogP contribution in [0.3, 0.4) is 0 Å². The van der Waals surface area contributed by atoms with E-state index in [1.165, 1.54) is 5.56 Å². The summed E-state index contributed by atoms with van der Waals surface area (Å²) in [5.41, 5.74) is 2.74. The number of ether oxygens (including phenoxy) is 1. The van der Waals surface area contributed by atoms with E-state index >= 15 is 0 Å². The number of carbonyl (C=O) groups excluding carboxylic acids is 1. The molecule has 0 spiro atoms. The topological polar surface area (TPSA) is 64.7 Å². The van der Waals surface area contributed by atoms with E-state index in [1.807, 2.05) is 65.7 Å². The molecule has 1 fully saturated rings. The second-order valence-electron chi connectivity index (χ2n) is 9.01. The molecule has 1 saturated heterocycles. The van der Waals surface area contributed by atoms with Gasteiger partial charge in [-0.3, -0.25) is 9.69 Å². The van der Waals surface area contributed by atoms with Crippen LogP contribution in [0, 0.1) is 0 Å². The van der Waals surface area contributed by atoms with Gasteiger partial charge in [-0.1, -0.05) is 29.8 Å². The van der Waals surface area contributed by atoms with Crippen LogP contribution in [0.25, 0.3) is 10.9 Å². The Morgan fingerprint density at radius 2 is 1.86 bits per heavy atom. The molecule has 186 valence electrons. The molecule has 2 aromatic heterocycles. The first-order chi connectivity index (χ1) is 17.6. The van der Waals surface area contributed by atoms with Crippen LogP contribution < -0.4 is 9.64 Å². The van der Waals surface area contributed by atoms with Crippen molar-refractivity contribution in [3.63, 3.8) is 0 Å². The minimum Gasteiger partial charge on any atom is -0.497 e. The van der Waals surface area contributed by atoms with Gasteiger partial charge in [0.05, 0.1) is 7.11 Å². The van der Waals surface area contributed by atoms with E-state index in [4.69, 9.17) is 16.3 Å². The molecule has 0 aliphatic carbocycles. The number of halogens is 1. The molecule has 0 saturated carbocycles. The van der Waals surface area contributed by atoms with Crippen molar-refractivity contribution >= 4 is 34.2 Å². The summed E-state index contributed by atoms with van der Waals surface area (Å²) in [6, 6.07) is 21.7. The Hall–Kier alpha value is -3.55. The number of amides is 1. The molecule has 0 unspecified atom stereocenters. The zero-order valence-corrected chi connectivity index (χ0v) is 21.1. The van der Waals surface area contributed by atoms with E-state index in [0.717, 1.165) is 55.2 Å². The van der Waals surface area contributed by atoms with Gasteiger partial charge in [0.25, 0.3) is 5.91 Å². The first-order valence-electron chi connectivity index (χ1n) is 12.2. The van der Waals surface area contributed by atoms with Gasteiger partial charge in [0, 0.05) is 67.9 Å². The number of nitrogens with zero attached hydrogens (tertiary/aromatic N) is 4. The summed E-state index contributed by atoms with van der Waals surface area (Å²) in [5, 5.41) is 1.62. The fraction of sp³-hybridized carbons (Fsp3) is 0.286. The van der Waals surface area contributed by atoms with Gasteiger partial charge in [-0.25, -0.2) is 4.98 Å². The summed E-state index contributed by atoms with van der Waals surface area (Å²) in [6.07, 6.45) is 1.83. The molecule has 3 heterocycles. The highest BCUT2D eigenvalue weighted by Crippen LogP contribution is 2.22. The van der Waals surface area contributed by atoms with Gasteiger partial charge in [0.1, 0.15) is 17.3 Å². The molecule has 36 heavy (non-hydrogen) atoms. The van der Waals surface area contributed by atoms with Crippen LogP contribution in [0.15, 0.2) is 72.9 Å². The quantitative estimate of drug-likeness (QED) is 0.378. The number of piperazine rings is 1. The first kappa shape index (κ1) is 24.2. The number of carbonyl (C=O) groups is 1. The van der Waals surface area contributed by atoms with Crippen LogP contribution in [0.5, 0.6) is 5.75 Å². The third-order valence-corrected chi connectivity index (χ3v) is 6.90. The van der Waals surface area contributed by atoms with E-state index in [1.54, 1.807) is 7.11 Å². The zero-order valence-electron chi connectivity index (χ0n) is 20.4. The average molecular weight is 504 g/mol. The van der Waals surface area contributed by atoms with Crippen LogP contribution in [0.4, 0.5) is 5.82 Å². The van der Waals surface area contributed by atoms with Gasteiger partial charge in [-0.15, -0.1) is 0 Å². The fourth-order valence-electron chi connectivity index (χ4n) is 4.59. The predicted molar refractivity (Wildman–Crippen MR) is 144 cm³/mol. The highest BCUT2D eigenvalue weighted by molar-refractivity contribution is 6.31. The molecule has 7 nitrogen and oxygen atoms in total. The smallest absolute Gasteiger partial charge is 0.270 e. The van der Waals surface area contributed by atoms with E-state index < -0.39 is 0 Å². The summed E-state index contributed by atoms with van der Waals surface area (Å²) in [6.45, 7) is 5.62. The van der Waals surface area contributed by atoms with Gasteiger partial charge in [0.15, 0.2) is 0 Å². The zero-order chi connectivity index (χ0) is 24.9. The van der Waals surface area contributed by atoms with Crippen molar-refractivity contribution in [1.29, 1.82) is 0 Å². The number of fused-ring (bicyclic) bond motifs is 1. The highest BCUT2D eigenvalue weighted by Gasteiger charge is 2.24. The van der Waals surface area contributed by atoms with Crippen molar-refractivity contribution in [2.75, 3.05) is 51.3 Å². The lowest BCUT2D eigenvalue weighted by molar-refractivity contribution is 0.0635. The minimum absolute atomic E-state index is 0.0385. The number of pyridine rings is 1. The minimum atomic E-state index is 0.0385. The standard InChI is InChI=1S/C28H30ClN5O2/c1-36-24-8-5-21(6-9-24)20-34(27-4-2-3-11-30-27)17-14-32-12-15-33(16-13-32)28(35)26-19-22-18-23(29)7-10-25(22)31-26/h2-11,18-19,31H,12-17,20H2,1H3. The summed E-state index contributed by atoms with van der Waals surface area (Å²) in [7, 11) is 1.68. The summed E-state index contributed by atoms with van der Waals surface area (Å²) in [5.74, 6) is 1.85. The van der Waals surface area contributed by atoms with Crippen molar-refractivity contribution in [3.8, 4) is 5.75 Å². The van der Waals surface area contributed by atoms with Crippen LogP contribution >= 0.6 is 11.6 Å². The van der Waals surface area contributed by atoms with Crippen molar-refractivity contribution in [1.82, 2.24) is 19.8 Å². The third-order valence-electron chi connectivity index (χ3n) is 6.66. The lowest BCUT2D eigenvalue weighted by Gasteiger charge is -2.36. The molecule has 0 bridgehead atoms. The number of hydrogen-bond donors (Lipinski definition) is 1. The number of benzene rings is 2. The van der Waals surface area contributed by atoms with Crippen molar-refractivity contribution in [3.05, 3.63) is 89.2 Å². The van der Waals surface area contributed by atoms with E-state index in [0.29, 0.717) is 23.8 Å². The van der Waals surface area contributed by atoms with Gasteiger partial charge < -0.3 is 19.5 Å². The van der Waals surface area contributed by atoms with Crippen LogP contribution in [-0.2, 0) is 6.54 Å². The average Bonchev–Trinajstić information content (AvgIpc) is 3.35. The maximum absolute atomic E-state index is 13.1. The van der Waals surface area contributed by atoms with Gasteiger partial charge in [0.2, 0.25) is 0 Å². The number of nitrogens with one attached hydrogen (secondary N) is 1. The molecule has 1 amide bonds. The maximum Gasteiger partial charge on any atom is 0.270 e. The molecular weight excluding hydrogens is 474 g/mol. The number of aromatic nitrogens is 2. The Morgan fingerprint density at radius 1 is 1.06 bits per heavy atom. The van der Waals surface area contributed by atoms with Gasteiger partial charge in [-0.05, 0) is 54.1 Å². The SMILES string of the molecule is COc1ccc(CN(CCN2CCN(C(=O)c3cc4cc(Cl)ccc4[nH]3)CC2)c2ccccn2)cc1. The highest BCUT2D eigenvalue weighted by atomic mass is 35.5. The largest absolute Gasteiger partial charge is 0.497 e. The molecule has 2 aromatic carbocycles. The number of rotatable bonds is 8. The summed E-state index contributed by atoms with van der Waals surface area (Å²) in [4.78, 5) is 27.5. The molecular formula is C28H30ClN5O2. The molecule has 4 aromatic rings. The van der Waals surface area contributed by atoms with Crippen LogP contribution in [0.2, 0.25) is 5.02 Å². The number of H-pyrrole nitrogens is 1.